The van der Waals surface area contributed by atoms with Gasteiger partial charge in [0.05, 0.1) is 0 Å². The van der Waals surface area contributed by atoms with Gasteiger partial charge < -0.3 is 10.7 Å². The van der Waals surface area contributed by atoms with Gasteiger partial charge in [0.2, 0.25) is 0 Å². The van der Waals surface area contributed by atoms with Crippen LogP contribution in [0.15, 0.2) is 36.7 Å². The van der Waals surface area contributed by atoms with Crippen molar-refractivity contribution in [2.24, 2.45) is 5.84 Å². The largest absolute Gasteiger partial charge is 0.369 e. The molecule has 5 heteroatoms. The Morgan fingerprint density at radius 2 is 1.71 bits per heavy atom. The SMILES string of the molecule is CC(C)c1c(NN)ncnc1NCC(C)c1ccccc1. The fourth-order valence-electron chi connectivity index (χ4n) is 2.35. The van der Waals surface area contributed by atoms with E-state index < -0.39 is 0 Å². The third kappa shape index (κ3) is 3.70. The lowest BCUT2D eigenvalue weighted by molar-refractivity contribution is 0.789. The smallest absolute Gasteiger partial charge is 0.148 e. The van der Waals surface area contributed by atoms with E-state index in [0.717, 1.165) is 17.9 Å². The first-order chi connectivity index (χ1) is 10.1. The van der Waals surface area contributed by atoms with E-state index in [1.165, 1.54) is 11.9 Å². The van der Waals surface area contributed by atoms with E-state index in [4.69, 9.17) is 5.84 Å². The van der Waals surface area contributed by atoms with Crippen molar-refractivity contribution in [3.63, 3.8) is 0 Å². The number of nitrogen functional groups attached to an aromatic ring is 1. The zero-order valence-electron chi connectivity index (χ0n) is 12.8. The molecule has 0 aliphatic carbocycles. The number of hydrogen-bond acceptors (Lipinski definition) is 5. The first-order valence-corrected chi connectivity index (χ1v) is 7.23. The van der Waals surface area contributed by atoms with Crippen molar-refractivity contribution in [3.05, 3.63) is 47.8 Å². The average molecular weight is 285 g/mol. The van der Waals surface area contributed by atoms with Gasteiger partial charge in [-0.15, -0.1) is 0 Å². The summed E-state index contributed by atoms with van der Waals surface area (Å²) in [6, 6.07) is 10.4. The van der Waals surface area contributed by atoms with Crippen LogP contribution in [0, 0.1) is 0 Å². The van der Waals surface area contributed by atoms with Crippen molar-refractivity contribution in [3.8, 4) is 0 Å². The molecule has 4 N–H and O–H groups in total. The van der Waals surface area contributed by atoms with Gasteiger partial charge in [-0.25, -0.2) is 15.8 Å². The minimum atomic E-state index is 0.284. The Morgan fingerprint density at radius 1 is 1.05 bits per heavy atom. The molecule has 0 radical (unpaired) electrons. The molecular weight excluding hydrogens is 262 g/mol. The van der Waals surface area contributed by atoms with Crippen LogP contribution in [0.25, 0.3) is 0 Å². The molecule has 0 spiro atoms. The van der Waals surface area contributed by atoms with Crippen molar-refractivity contribution >= 4 is 11.6 Å². The fourth-order valence-corrected chi connectivity index (χ4v) is 2.35. The molecule has 0 aliphatic heterocycles. The molecule has 1 unspecified atom stereocenters. The molecule has 1 aromatic heterocycles. The van der Waals surface area contributed by atoms with Crippen molar-refractivity contribution < 1.29 is 0 Å². The minimum absolute atomic E-state index is 0.284. The molecule has 112 valence electrons. The standard InChI is InChI=1S/C16H23N5/c1-11(2)14-15(19-10-20-16(14)21-17)18-9-12(3)13-7-5-4-6-8-13/h4-8,10-12H,9,17H2,1-3H3,(H2,18,19,20,21). The maximum Gasteiger partial charge on any atom is 0.148 e. The first-order valence-electron chi connectivity index (χ1n) is 7.23. The number of nitrogens with two attached hydrogens (primary N) is 1. The average Bonchev–Trinajstić information content (AvgIpc) is 2.52. The van der Waals surface area contributed by atoms with Crippen molar-refractivity contribution in [2.45, 2.75) is 32.6 Å². The number of hydrazine groups is 1. The lowest BCUT2D eigenvalue weighted by Crippen LogP contribution is -2.17. The summed E-state index contributed by atoms with van der Waals surface area (Å²) in [7, 11) is 0. The van der Waals surface area contributed by atoms with E-state index in [1.807, 2.05) is 6.07 Å². The predicted octanol–water partition coefficient (Wildman–Crippen LogP) is 3.10. The molecular formula is C16H23N5. The molecule has 0 bridgehead atoms. The van der Waals surface area contributed by atoms with Crippen LogP contribution in [0.2, 0.25) is 0 Å². The highest BCUT2D eigenvalue weighted by Crippen LogP contribution is 2.28. The number of anilines is 2. The Hall–Kier alpha value is -2.14. The Bertz CT molecular complexity index is 568. The van der Waals surface area contributed by atoms with E-state index in [2.05, 4.69) is 65.7 Å². The zero-order valence-corrected chi connectivity index (χ0v) is 12.8. The Morgan fingerprint density at radius 3 is 2.33 bits per heavy atom. The molecule has 1 aromatic carbocycles. The maximum atomic E-state index is 5.54. The lowest BCUT2D eigenvalue weighted by Gasteiger charge is -2.18. The van der Waals surface area contributed by atoms with Crippen molar-refractivity contribution in [1.29, 1.82) is 0 Å². The number of rotatable bonds is 6. The van der Waals surface area contributed by atoms with Crippen LogP contribution in [0.5, 0.6) is 0 Å². The summed E-state index contributed by atoms with van der Waals surface area (Å²) in [5, 5.41) is 3.42. The number of nitrogens with one attached hydrogen (secondary N) is 2. The van der Waals surface area contributed by atoms with E-state index in [-0.39, 0.29) is 5.92 Å². The van der Waals surface area contributed by atoms with Gasteiger partial charge in [-0.05, 0) is 17.4 Å². The highest BCUT2D eigenvalue weighted by Gasteiger charge is 2.15. The molecule has 0 amide bonds. The molecule has 21 heavy (non-hydrogen) atoms. The van der Waals surface area contributed by atoms with Gasteiger partial charge in [0.1, 0.15) is 18.0 Å². The van der Waals surface area contributed by atoms with Gasteiger partial charge in [-0.2, -0.15) is 0 Å². The van der Waals surface area contributed by atoms with Crippen LogP contribution in [0.3, 0.4) is 0 Å². The molecule has 5 nitrogen and oxygen atoms in total. The van der Waals surface area contributed by atoms with Crippen LogP contribution >= 0.6 is 0 Å². The second-order valence-corrected chi connectivity index (χ2v) is 5.48. The third-order valence-electron chi connectivity index (χ3n) is 3.54. The van der Waals surface area contributed by atoms with Crippen molar-refractivity contribution in [2.75, 3.05) is 17.3 Å². The summed E-state index contributed by atoms with van der Waals surface area (Å²) in [5.74, 6) is 7.74. The first kappa shape index (κ1) is 15.3. The fraction of sp³-hybridized carbons (Fsp3) is 0.375. The monoisotopic (exact) mass is 285 g/mol. The van der Waals surface area contributed by atoms with Gasteiger partial charge >= 0.3 is 0 Å². The van der Waals surface area contributed by atoms with E-state index in [0.29, 0.717) is 11.7 Å². The van der Waals surface area contributed by atoms with E-state index in [9.17, 15) is 0 Å². The Labute approximate surface area is 126 Å². The quantitative estimate of drug-likeness (QED) is 0.561. The van der Waals surface area contributed by atoms with Gasteiger partial charge in [-0.3, -0.25) is 0 Å². The highest BCUT2D eigenvalue weighted by atomic mass is 15.3. The Balaban J connectivity index is 2.13. The molecule has 0 saturated heterocycles. The highest BCUT2D eigenvalue weighted by molar-refractivity contribution is 5.58. The number of hydrogen-bond donors (Lipinski definition) is 3. The van der Waals surface area contributed by atoms with E-state index in [1.54, 1.807) is 0 Å². The Kier molecular flexibility index (Phi) is 5.11. The summed E-state index contributed by atoms with van der Waals surface area (Å²) < 4.78 is 0. The zero-order chi connectivity index (χ0) is 15.2. The topological polar surface area (TPSA) is 75.9 Å². The molecule has 0 fully saturated rings. The molecule has 1 atom stereocenters. The predicted molar refractivity (Wildman–Crippen MR) is 87.3 cm³/mol. The number of nitrogens with zero attached hydrogens (tertiary/aromatic N) is 2. The summed E-state index contributed by atoms with van der Waals surface area (Å²) in [5.41, 5.74) is 4.97. The maximum absolute atomic E-state index is 5.54. The summed E-state index contributed by atoms with van der Waals surface area (Å²) in [6.45, 7) is 7.21. The van der Waals surface area contributed by atoms with Crippen LogP contribution in [-0.2, 0) is 0 Å². The van der Waals surface area contributed by atoms with Gasteiger partial charge in [-0.1, -0.05) is 51.1 Å². The second-order valence-electron chi connectivity index (χ2n) is 5.48. The van der Waals surface area contributed by atoms with Crippen LogP contribution in [0.1, 0.15) is 43.7 Å². The molecule has 0 saturated carbocycles. The van der Waals surface area contributed by atoms with Gasteiger partial charge in [0.15, 0.2) is 0 Å². The van der Waals surface area contributed by atoms with Crippen LogP contribution < -0.4 is 16.6 Å². The van der Waals surface area contributed by atoms with Crippen LogP contribution in [0.4, 0.5) is 11.6 Å². The van der Waals surface area contributed by atoms with E-state index >= 15 is 0 Å². The minimum Gasteiger partial charge on any atom is -0.369 e. The summed E-state index contributed by atoms with van der Waals surface area (Å²) in [4.78, 5) is 8.53. The molecule has 0 aliphatic rings. The summed E-state index contributed by atoms with van der Waals surface area (Å²) >= 11 is 0. The summed E-state index contributed by atoms with van der Waals surface area (Å²) in [6.07, 6.45) is 1.52. The second kappa shape index (κ2) is 7.04. The molecule has 2 rings (SSSR count). The third-order valence-corrected chi connectivity index (χ3v) is 3.54. The van der Waals surface area contributed by atoms with Gasteiger partial charge in [0.25, 0.3) is 0 Å². The van der Waals surface area contributed by atoms with Crippen LogP contribution in [-0.4, -0.2) is 16.5 Å². The number of benzene rings is 1. The van der Waals surface area contributed by atoms with Gasteiger partial charge in [0, 0.05) is 12.1 Å². The van der Waals surface area contributed by atoms with Crippen molar-refractivity contribution in [1.82, 2.24) is 9.97 Å². The lowest BCUT2D eigenvalue weighted by atomic mass is 10.0. The molecule has 2 aromatic rings. The molecule has 1 heterocycles. The normalized spacial score (nSPS) is 12.2. The number of aromatic nitrogens is 2.